The summed E-state index contributed by atoms with van der Waals surface area (Å²) in [6, 6.07) is 9.33. The third-order valence-corrected chi connectivity index (χ3v) is 3.37. The summed E-state index contributed by atoms with van der Waals surface area (Å²) in [5.74, 6) is -0.451. The molecule has 2 amide bonds. The van der Waals surface area contributed by atoms with E-state index in [1.54, 1.807) is 4.90 Å². The molecule has 1 aliphatic heterocycles. The van der Waals surface area contributed by atoms with Gasteiger partial charge in [-0.3, -0.25) is 9.59 Å². The van der Waals surface area contributed by atoms with Gasteiger partial charge >= 0.3 is 0 Å². The molecule has 1 aromatic rings. The van der Waals surface area contributed by atoms with E-state index in [-0.39, 0.29) is 18.4 Å². The largest absolute Gasteiger partial charge is 0.378 e. The van der Waals surface area contributed by atoms with Crippen molar-refractivity contribution in [1.29, 1.82) is 0 Å². The molecule has 2 rings (SSSR count). The molecule has 114 valence electrons. The lowest BCUT2D eigenvalue weighted by Crippen LogP contribution is -2.45. The van der Waals surface area contributed by atoms with E-state index in [1.165, 1.54) is 0 Å². The van der Waals surface area contributed by atoms with Crippen LogP contribution in [0.1, 0.15) is 12.8 Å². The van der Waals surface area contributed by atoms with Crippen molar-refractivity contribution < 1.29 is 14.3 Å². The lowest BCUT2D eigenvalue weighted by Gasteiger charge is -2.27. The molecule has 0 aliphatic carbocycles. The van der Waals surface area contributed by atoms with Crippen molar-refractivity contribution in [3.05, 3.63) is 30.3 Å². The summed E-state index contributed by atoms with van der Waals surface area (Å²) in [5, 5.41) is 3.26. The fraction of sp³-hybridized carbons (Fsp3) is 0.467. The number of hydrogen-bond acceptors (Lipinski definition) is 4. The van der Waals surface area contributed by atoms with E-state index in [0.717, 1.165) is 12.2 Å². The van der Waals surface area contributed by atoms with Crippen molar-refractivity contribution in [1.82, 2.24) is 5.32 Å². The maximum Gasteiger partial charge on any atom is 0.228 e. The average molecular weight is 291 g/mol. The van der Waals surface area contributed by atoms with Crippen LogP contribution in [0.3, 0.4) is 0 Å². The number of primary amides is 1. The highest BCUT2D eigenvalue weighted by Crippen LogP contribution is 2.16. The molecule has 1 fully saturated rings. The lowest BCUT2D eigenvalue weighted by atomic mass is 10.1. The third kappa shape index (κ3) is 4.84. The number of ether oxygens (including phenoxy) is 1. The Balaban J connectivity index is 2.02. The fourth-order valence-electron chi connectivity index (χ4n) is 2.30. The number of hydrogen-bond donors (Lipinski definition) is 2. The molecule has 21 heavy (non-hydrogen) atoms. The highest BCUT2D eigenvalue weighted by atomic mass is 16.5. The first-order valence-corrected chi connectivity index (χ1v) is 7.11. The number of nitrogens with one attached hydrogen (secondary N) is 1. The van der Waals surface area contributed by atoms with Crippen LogP contribution < -0.4 is 16.0 Å². The van der Waals surface area contributed by atoms with Crippen molar-refractivity contribution in [2.45, 2.75) is 18.9 Å². The second-order valence-electron chi connectivity index (χ2n) is 5.03. The first-order valence-electron chi connectivity index (χ1n) is 7.11. The summed E-state index contributed by atoms with van der Waals surface area (Å²) in [5.41, 5.74) is 5.97. The molecule has 1 unspecified atom stereocenters. The molecule has 6 nitrogen and oxygen atoms in total. The molecule has 6 heteroatoms. The third-order valence-electron chi connectivity index (χ3n) is 3.37. The van der Waals surface area contributed by atoms with Crippen molar-refractivity contribution in [3.63, 3.8) is 0 Å². The zero-order valence-electron chi connectivity index (χ0n) is 12.0. The second-order valence-corrected chi connectivity index (χ2v) is 5.03. The van der Waals surface area contributed by atoms with E-state index in [0.29, 0.717) is 26.2 Å². The Kier molecular flexibility index (Phi) is 5.71. The number of morpholine rings is 1. The molecule has 0 bridgehead atoms. The summed E-state index contributed by atoms with van der Waals surface area (Å²) in [7, 11) is 0. The number of carbonyl (C=O) groups is 2. The van der Waals surface area contributed by atoms with E-state index >= 15 is 0 Å². The molecule has 1 aliphatic rings. The minimum absolute atomic E-state index is 0.0195. The Bertz CT molecular complexity index is 472. The van der Waals surface area contributed by atoms with Crippen LogP contribution in [0.5, 0.6) is 0 Å². The van der Waals surface area contributed by atoms with Crippen LogP contribution in [-0.4, -0.2) is 44.2 Å². The molecule has 1 heterocycles. The smallest absolute Gasteiger partial charge is 0.228 e. The van der Waals surface area contributed by atoms with Gasteiger partial charge in [0.15, 0.2) is 0 Å². The van der Waals surface area contributed by atoms with E-state index < -0.39 is 5.91 Å². The number of nitrogens with zero attached hydrogens (tertiary/aromatic N) is 1. The number of carbonyl (C=O) groups excluding carboxylic acids is 2. The van der Waals surface area contributed by atoms with Gasteiger partial charge in [-0.15, -0.1) is 0 Å². The molecule has 1 atom stereocenters. The van der Waals surface area contributed by atoms with E-state index in [2.05, 4.69) is 5.32 Å². The molecule has 3 N–H and O–H groups in total. The highest BCUT2D eigenvalue weighted by molar-refractivity contribution is 5.94. The van der Waals surface area contributed by atoms with Crippen LogP contribution in [0.25, 0.3) is 0 Å². The number of nitrogens with two attached hydrogens (primary N) is 1. The normalized spacial score (nSPS) is 18.2. The van der Waals surface area contributed by atoms with Crippen LogP contribution in [-0.2, 0) is 14.3 Å². The van der Waals surface area contributed by atoms with Gasteiger partial charge in [-0.2, -0.15) is 0 Å². The molecule has 0 aromatic heterocycles. The van der Waals surface area contributed by atoms with E-state index in [4.69, 9.17) is 10.5 Å². The molecule has 1 saturated heterocycles. The molecular weight excluding hydrogens is 270 g/mol. The standard InChI is InChI=1S/C15H21N3O3/c16-14(19)6-8-18(13-4-2-1-3-5-13)15(20)10-12-11-21-9-7-17-12/h1-5,12,17H,6-11H2,(H2,16,19). The summed E-state index contributed by atoms with van der Waals surface area (Å²) in [6.07, 6.45) is 0.489. The summed E-state index contributed by atoms with van der Waals surface area (Å²) >= 11 is 0. The fourth-order valence-corrected chi connectivity index (χ4v) is 2.30. The topological polar surface area (TPSA) is 84.7 Å². The molecule has 0 spiro atoms. The lowest BCUT2D eigenvalue weighted by molar-refractivity contribution is -0.120. The Morgan fingerprint density at radius 2 is 2.10 bits per heavy atom. The molecular formula is C15H21N3O3. The predicted octanol–water partition coefficient (Wildman–Crippen LogP) is 0.274. The average Bonchev–Trinajstić information content (AvgIpc) is 2.49. The quantitative estimate of drug-likeness (QED) is 0.788. The summed E-state index contributed by atoms with van der Waals surface area (Å²) in [4.78, 5) is 25.1. The van der Waals surface area contributed by atoms with Crippen LogP contribution in [0.4, 0.5) is 5.69 Å². The van der Waals surface area contributed by atoms with Crippen molar-refractivity contribution in [2.24, 2.45) is 5.73 Å². The molecule has 1 aromatic carbocycles. The van der Waals surface area contributed by atoms with Crippen LogP contribution in [0, 0.1) is 0 Å². The van der Waals surface area contributed by atoms with Gasteiger partial charge in [0.05, 0.1) is 13.2 Å². The van der Waals surface area contributed by atoms with E-state index in [9.17, 15) is 9.59 Å². The maximum atomic E-state index is 12.5. The molecule has 0 saturated carbocycles. The first-order chi connectivity index (χ1) is 10.2. The van der Waals surface area contributed by atoms with Gasteiger partial charge in [-0.05, 0) is 12.1 Å². The van der Waals surface area contributed by atoms with Gasteiger partial charge < -0.3 is 20.7 Å². The Hall–Kier alpha value is -1.92. The highest BCUT2D eigenvalue weighted by Gasteiger charge is 2.22. The Labute approximate surface area is 124 Å². The minimum Gasteiger partial charge on any atom is -0.378 e. The van der Waals surface area contributed by atoms with Gasteiger partial charge in [0, 0.05) is 37.7 Å². The number of para-hydroxylation sites is 1. The molecule has 0 radical (unpaired) electrons. The second kappa shape index (κ2) is 7.75. The first kappa shape index (κ1) is 15.5. The Morgan fingerprint density at radius 1 is 1.33 bits per heavy atom. The number of amides is 2. The summed E-state index contributed by atoms with van der Waals surface area (Å²) < 4.78 is 5.36. The van der Waals surface area contributed by atoms with Crippen molar-refractivity contribution in [2.75, 3.05) is 31.2 Å². The SMILES string of the molecule is NC(=O)CCN(C(=O)CC1COCCN1)c1ccccc1. The number of benzene rings is 1. The van der Waals surface area contributed by atoms with Crippen molar-refractivity contribution >= 4 is 17.5 Å². The van der Waals surface area contributed by atoms with E-state index in [1.807, 2.05) is 30.3 Å². The van der Waals surface area contributed by atoms with Gasteiger partial charge in [0.2, 0.25) is 11.8 Å². The number of rotatable bonds is 6. The van der Waals surface area contributed by atoms with Crippen LogP contribution in [0.2, 0.25) is 0 Å². The zero-order chi connectivity index (χ0) is 15.1. The van der Waals surface area contributed by atoms with Gasteiger partial charge in [-0.25, -0.2) is 0 Å². The maximum absolute atomic E-state index is 12.5. The Morgan fingerprint density at radius 3 is 2.71 bits per heavy atom. The predicted molar refractivity (Wildman–Crippen MR) is 79.8 cm³/mol. The zero-order valence-corrected chi connectivity index (χ0v) is 12.0. The van der Waals surface area contributed by atoms with Crippen molar-refractivity contribution in [3.8, 4) is 0 Å². The number of anilines is 1. The van der Waals surface area contributed by atoms with Gasteiger partial charge in [0.25, 0.3) is 0 Å². The van der Waals surface area contributed by atoms with Crippen LogP contribution in [0.15, 0.2) is 30.3 Å². The van der Waals surface area contributed by atoms with Gasteiger partial charge in [-0.1, -0.05) is 18.2 Å². The summed E-state index contributed by atoms with van der Waals surface area (Å²) in [6.45, 7) is 2.26. The minimum atomic E-state index is -0.414. The van der Waals surface area contributed by atoms with Crippen LogP contribution >= 0.6 is 0 Å². The van der Waals surface area contributed by atoms with Gasteiger partial charge in [0.1, 0.15) is 0 Å². The monoisotopic (exact) mass is 291 g/mol.